The van der Waals surface area contributed by atoms with Crippen LogP contribution in [-0.4, -0.2) is 72.8 Å². The predicted molar refractivity (Wildman–Crippen MR) is 96.5 cm³/mol. The van der Waals surface area contributed by atoms with Gasteiger partial charge in [0.15, 0.2) is 0 Å². The monoisotopic (exact) mass is 367 g/mol. The van der Waals surface area contributed by atoms with Crippen LogP contribution in [0.2, 0.25) is 0 Å². The molecule has 26 heavy (non-hydrogen) atoms. The first-order valence-electron chi connectivity index (χ1n) is 8.86. The number of methoxy groups -OCH3 is 2. The second-order valence-electron chi connectivity index (χ2n) is 6.97. The van der Waals surface area contributed by atoms with E-state index in [2.05, 4.69) is 4.90 Å². The summed E-state index contributed by atoms with van der Waals surface area (Å²) >= 11 is 0. The Morgan fingerprint density at radius 3 is 2.77 bits per heavy atom. The minimum Gasteiger partial charge on any atom is -0.496 e. The minimum absolute atomic E-state index is 0.0859. The number of aliphatic hydroxyl groups excluding tert-OH is 2. The number of carboxylic acids is 1. The zero-order chi connectivity index (χ0) is 19.2. The Morgan fingerprint density at radius 2 is 2.15 bits per heavy atom. The topological polar surface area (TPSA) is 99.5 Å². The molecule has 1 heterocycles. The Labute approximate surface area is 154 Å². The lowest BCUT2D eigenvalue weighted by Crippen LogP contribution is -2.53. The molecule has 1 saturated heterocycles. The molecule has 2 atom stereocenters. The van der Waals surface area contributed by atoms with Gasteiger partial charge in [-0.1, -0.05) is 6.07 Å². The summed E-state index contributed by atoms with van der Waals surface area (Å²) in [6, 6.07) is 5.13. The largest absolute Gasteiger partial charge is 0.496 e. The number of ether oxygens (including phenoxy) is 2. The summed E-state index contributed by atoms with van der Waals surface area (Å²) in [6.07, 6.45) is 1.48. The second-order valence-corrected chi connectivity index (χ2v) is 6.97. The average molecular weight is 367 g/mol. The number of rotatable bonds is 9. The van der Waals surface area contributed by atoms with Crippen LogP contribution in [0.15, 0.2) is 18.2 Å². The Bertz CT molecular complexity index is 608. The van der Waals surface area contributed by atoms with E-state index in [9.17, 15) is 20.1 Å². The van der Waals surface area contributed by atoms with Gasteiger partial charge in [0.05, 0.1) is 19.8 Å². The van der Waals surface area contributed by atoms with Crippen molar-refractivity contribution in [2.75, 3.05) is 40.5 Å². The van der Waals surface area contributed by atoms with Crippen LogP contribution >= 0.6 is 0 Å². The van der Waals surface area contributed by atoms with Crippen molar-refractivity contribution in [1.82, 2.24) is 4.90 Å². The van der Waals surface area contributed by atoms with Crippen LogP contribution in [0.3, 0.4) is 0 Å². The van der Waals surface area contributed by atoms with Crippen molar-refractivity contribution in [3.63, 3.8) is 0 Å². The van der Waals surface area contributed by atoms with Gasteiger partial charge in [0.2, 0.25) is 0 Å². The van der Waals surface area contributed by atoms with Gasteiger partial charge in [-0.25, -0.2) is 4.79 Å². The van der Waals surface area contributed by atoms with E-state index < -0.39 is 17.5 Å². The number of nitrogens with zero attached hydrogens (tertiary/aromatic N) is 1. The molecule has 1 aromatic rings. The van der Waals surface area contributed by atoms with Crippen molar-refractivity contribution >= 4 is 5.97 Å². The van der Waals surface area contributed by atoms with E-state index in [1.54, 1.807) is 19.2 Å². The van der Waals surface area contributed by atoms with E-state index in [0.717, 1.165) is 12.0 Å². The highest BCUT2D eigenvalue weighted by atomic mass is 16.5. The van der Waals surface area contributed by atoms with Crippen LogP contribution in [0.25, 0.3) is 0 Å². The number of benzene rings is 1. The fourth-order valence-electron chi connectivity index (χ4n) is 3.70. The van der Waals surface area contributed by atoms with E-state index in [4.69, 9.17) is 9.47 Å². The highest BCUT2D eigenvalue weighted by molar-refractivity contribution is 5.91. The summed E-state index contributed by atoms with van der Waals surface area (Å²) in [5, 5.41) is 29.8. The molecule has 0 bridgehead atoms. The third kappa shape index (κ3) is 4.73. The Kier molecular flexibility index (Phi) is 7.40. The lowest BCUT2D eigenvalue weighted by atomic mass is 9.74. The average Bonchev–Trinajstić information content (AvgIpc) is 2.64. The maximum absolute atomic E-state index is 11.4. The molecule has 2 rings (SSSR count). The number of aromatic carboxylic acids is 1. The molecule has 0 amide bonds. The normalized spacial score (nSPS) is 23.8. The molecule has 1 aromatic carbocycles. The van der Waals surface area contributed by atoms with Crippen LogP contribution in [0.1, 0.15) is 35.2 Å². The van der Waals surface area contributed by atoms with Crippen molar-refractivity contribution in [2.45, 2.75) is 31.9 Å². The molecule has 1 aliphatic heterocycles. The van der Waals surface area contributed by atoms with E-state index >= 15 is 0 Å². The zero-order valence-corrected chi connectivity index (χ0v) is 15.5. The SMILES string of the molecule is COCCC[C@@]1(CO)CN(Cc2ccc(OC)c(C(=O)O)c2)CC[C@H]1O. The molecule has 0 radical (unpaired) electrons. The van der Waals surface area contributed by atoms with Crippen LogP contribution < -0.4 is 4.74 Å². The zero-order valence-electron chi connectivity index (χ0n) is 15.5. The molecule has 7 heteroatoms. The van der Waals surface area contributed by atoms with E-state index in [1.807, 2.05) is 6.07 Å². The lowest BCUT2D eigenvalue weighted by molar-refractivity contribution is -0.0843. The highest BCUT2D eigenvalue weighted by Crippen LogP contribution is 2.35. The fraction of sp³-hybridized carbons (Fsp3) is 0.632. The Morgan fingerprint density at radius 1 is 1.38 bits per heavy atom. The summed E-state index contributed by atoms with van der Waals surface area (Å²) in [5.74, 6) is -0.693. The van der Waals surface area contributed by atoms with Crippen molar-refractivity contribution in [1.29, 1.82) is 0 Å². The highest BCUT2D eigenvalue weighted by Gasteiger charge is 2.41. The lowest BCUT2D eigenvalue weighted by Gasteiger charge is -2.45. The molecule has 0 spiro atoms. The van der Waals surface area contributed by atoms with Gasteiger partial charge in [-0.3, -0.25) is 4.90 Å². The van der Waals surface area contributed by atoms with Gasteiger partial charge in [-0.2, -0.15) is 0 Å². The molecular formula is C19H29NO6. The second kappa shape index (κ2) is 9.32. The first kappa shape index (κ1) is 20.6. The number of aliphatic hydroxyl groups is 2. The molecule has 0 unspecified atom stereocenters. The predicted octanol–water partition coefficient (Wildman–Crippen LogP) is 1.37. The van der Waals surface area contributed by atoms with Gasteiger partial charge in [-0.05, 0) is 37.0 Å². The molecule has 1 aliphatic rings. The third-order valence-corrected chi connectivity index (χ3v) is 5.20. The summed E-state index contributed by atoms with van der Waals surface area (Å²) in [7, 11) is 3.09. The molecule has 1 fully saturated rings. The van der Waals surface area contributed by atoms with Gasteiger partial charge in [0.1, 0.15) is 11.3 Å². The first-order chi connectivity index (χ1) is 12.5. The number of carboxylic acid groups (broad SMARTS) is 1. The summed E-state index contributed by atoms with van der Waals surface area (Å²) in [5.41, 5.74) is 0.428. The smallest absolute Gasteiger partial charge is 0.339 e. The minimum atomic E-state index is -1.03. The molecule has 0 aromatic heterocycles. The molecule has 0 aliphatic carbocycles. The number of hydrogen-bond donors (Lipinski definition) is 3. The van der Waals surface area contributed by atoms with Crippen LogP contribution in [0, 0.1) is 5.41 Å². The van der Waals surface area contributed by atoms with Crippen LogP contribution in [0.5, 0.6) is 5.75 Å². The number of hydrogen-bond acceptors (Lipinski definition) is 6. The maximum atomic E-state index is 11.4. The van der Waals surface area contributed by atoms with Crippen LogP contribution in [0.4, 0.5) is 0 Å². The fourth-order valence-corrected chi connectivity index (χ4v) is 3.70. The summed E-state index contributed by atoms with van der Waals surface area (Å²) in [6.45, 7) is 2.32. The van der Waals surface area contributed by atoms with Crippen molar-refractivity contribution in [3.05, 3.63) is 29.3 Å². The van der Waals surface area contributed by atoms with Gasteiger partial charge in [-0.15, -0.1) is 0 Å². The van der Waals surface area contributed by atoms with Crippen molar-refractivity contribution in [3.8, 4) is 5.75 Å². The molecule has 0 saturated carbocycles. The van der Waals surface area contributed by atoms with Crippen molar-refractivity contribution in [2.24, 2.45) is 5.41 Å². The molecule has 3 N–H and O–H groups in total. The maximum Gasteiger partial charge on any atom is 0.339 e. The standard InChI is InChI=1S/C19H29NO6/c1-25-9-3-7-19(13-21)12-20(8-6-17(19)22)11-14-4-5-16(26-2)15(10-14)18(23)24/h4-5,10,17,21-22H,3,6-9,11-13H2,1-2H3,(H,23,24)/t17-,19+/m1/s1. The van der Waals surface area contributed by atoms with Gasteiger partial charge < -0.3 is 24.8 Å². The third-order valence-electron chi connectivity index (χ3n) is 5.20. The van der Waals surface area contributed by atoms with Gasteiger partial charge >= 0.3 is 5.97 Å². The van der Waals surface area contributed by atoms with Crippen molar-refractivity contribution < 1.29 is 29.6 Å². The molecule has 7 nitrogen and oxygen atoms in total. The van der Waals surface area contributed by atoms with E-state index in [0.29, 0.717) is 44.8 Å². The molecular weight excluding hydrogens is 338 g/mol. The summed E-state index contributed by atoms with van der Waals surface area (Å²) in [4.78, 5) is 13.5. The number of likely N-dealkylation sites (tertiary alicyclic amines) is 1. The van der Waals surface area contributed by atoms with Gasteiger partial charge in [0, 0.05) is 38.8 Å². The van der Waals surface area contributed by atoms with E-state index in [-0.39, 0.29) is 12.2 Å². The first-order valence-corrected chi connectivity index (χ1v) is 8.86. The Balaban J connectivity index is 2.12. The van der Waals surface area contributed by atoms with Crippen LogP contribution in [-0.2, 0) is 11.3 Å². The number of carbonyl (C=O) groups is 1. The molecule has 146 valence electrons. The quantitative estimate of drug-likeness (QED) is 0.567. The summed E-state index contributed by atoms with van der Waals surface area (Å²) < 4.78 is 10.2. The number of piperidine rings is 1. The van der Waals surface area contributed by atoms with E-state index in [1.165, 1.54) is 7.11 Å². The Hall–Kier alpha value is -1.67. The van der Waals surface area contributed by atoms with Gasteiger partial charge in [0.25, 0.3) is 0 Å².